The highest BCUT2D eigenvalue weighted by Crippen LogP contribution is 2.29. The van der Waals surface area contributed by atoms with Crippen molar-refractivity contribution in [1.29, 1.82) is 0 Å². The topological polar surface area (TPSA) is 59.6 Å². The Labute approximate surface area is 126 Å². The molecule has 1 amide bonds. The number of methoxy groups -OCH3 is 2. The average molecular weight is 292 g/mol. The fraction of sp³-hybridized carbons (Fsp3) is 0.562. The molecule has 0 aliphatic carbocycles. The number of piperidine rings is 1. The van der Waals surface area contributed by atoms with Gasteiger partial charge < -0.3 is 20.1 Å². The normalized spacial score (nSPS) is 15.5. The Kier molecular flexibility index (Phi) is 5.87. The molecule has 0 unspecified atom stereocenters. The minimum absolute atomic E-state index is 0.0389. The third-order valence-electron chi connectivity index (χ3n) is 3.92. The molecule has 0 atom stereocenters. The van der Waals surface area contributed by atoms with Gasteiger partial charge >= 0.3 is 0 Å². The van der Waals surface area contributed by atoms with E-state index in [0.29, 0.717) is 29.5 Å². The molecule has 0 radical (unpaired) electrons. The number of hydrogen-bond acceptors (Lipinski definition) is 4. The van der Waals surface area contributed by atoms with E-state index in [1.807, 2.05) is 6.07 Å². The Hall–Kier alpha value is -1.75. The molecule has 2 N–H and O–H groups in total. The SMILES string of the molecule is COc1ccc(NC(=O)CCC2CCNCC2)c(OC)c1. The van der Waals surface area contributed by atoms with Crippen molar-refractivity contribution in [3.8, 4) is 11.5 Å². The van der Waals surface area contributed by atoms with E-state index in [2.05, 4.69) is 10.6 Å². The first-order valence-corrected chi connectivity index (χ1v) is 7.45. The lowest BCUT2D eigenvalue weighted by molar-refractivity contribution is -0.116. The van der Waals surface area contributed by atoms with Gasteiger partial charge in [-0.15, -0.1) is 0 Å². The summed E-state index contributed by atoms with van der Waals surface area (Å²) in [6.07, 6.45) is 3.84. The van der Waals surface area contributed by atoms with Crippen LogP contribution >= 0.6 is 0 Å². The number of hydrogen-bond donors (Lipinski definition) is 2. The van der Waals surface area contributed by atoms with Crippen molar-refractivity contribution in [3.63, 3.8) is 0 Å². The number of anilines is 1. The third kappa shape index (κ3) is 4.63. The second kappa shape index (κ2) is 7.88. The van der Waals surface area contributed by atoms with Gasteiger partial charge in [-0.3, -0.25) is 4.79 Å². The van der Waals surface area contributed by atoms with Gasteiger partial charge in [0.2, 0.25) is 5.91 Å². The molecule has 21 heavy (non-hydrogen) atoms. The van der Waals surface area contributed by atoms with Gasteiger partial charge in [-0.05, 0) is 50.4 Å². The second-order valence-electron chi connectivity index (χ2n) is 5.35. The van der Waals surface area contributed by atoms with Gasteiger partial charge in [-0.25, -0.2) is 0 Å². The third-order valence-corrected chi connectivity index (χ3v) is 3.92. The molecular formula is C16H24N2O3. The minimum atomic E-state index is 0.0389. The first-order valence-electron chi connectivity index (χ1n) is 7.45. The monoisotopic (exact) mass is 292 g/mol. The molecule has 116 valence electrons. The molecule has 2 rings (SSSR count). The van der Waals surface area contributed by atoms with Gasteiger partial charge in [0.25, 0.3) is 0 Å². The fourth-order valence-electron chi connectivity index (χ4n) is 2.62. The van der Waals surface area contributed by atoms with Gasteiger partial charge in [0.1, 0.15) is 11.5 Å². The molecule has 1 fully saturated rings. The number of carbonyl (C=O) groups excluding carboxylic acids is 1. The molecule has 0 aromatic heterocycles. The van der Waals surface area contributed by atoms with Crippen LogP contribution in [0.25, 0.3) is 0 Å². The highest BCUT2D eigenvalue weighted by atomic mass is 16.5. The lowest BCUT2D eigenvalue weighted by atomic mass is 9.93. The predicted molar refractivity (Wildman–Crippen MR) is 83.0 cm³/mol. The number of benzene rings is 1. The van der Waals surface area contributed by atoms with Crippen molar-refractivity contribution in [2.45, 2.75) is 25.7 Å². The Balaban J connectivity index is 1.86. The Morgan fingerprint density at radius 3 is 2.71 bits per heavy atom. The summed E-state index contributed by atoms with van der Waals surface area (Å²) in [6, 6.07) is 5.38. The van der Waals surface area contributed by atoms with Crippen LogP contribution in [0.1, 0.15) is 25.7 Å². The van der Waals surface area contributed by atoms with Crippen LogP contribution in [0.3, 0.4) is 0 Å². The van der Waals surface area contributed by atoms with E-state index in [9.17, 15) is 4.79 Å². The lowest BCUT2D eigenvalue weighted by Crippen LogP contribution is -2.28. The molecule has 5 nitrogen and oxygen atoms in total. The molecule has 0 spiro atoms. The van der Waals surface area contributed by atoms with Gasteiger partial charge in [0, 0.05) is 12.5 Å². The van der Waals surface area contributed by atoms with Crippen LogP contribution in [0.15, 0.2) is 18.2 Å². The molecule has 1 aliphatic heterocycles. The van der Waals surface area contributed by atoms with Crippen LogP contribution in [0, 0.1) is 5.92 Å². The zero-order valence-electron chi connectivity index (χ0n) is 12.8. The molecule has 1 saturated heterocycles. The Bertz CT molecular complexity index is 471. The van der Waals surface area contributed by atoms with E-state index in [1.54, 1.807) is 26.4 Å². The smallest absolute Gasteiger partial charge is 0.224 e. The second-order valence-corrected chi connectivity index (χ2v) is 5.35. The summed E-state index contributed by atoms with van der Waals surface area (Å²) in [6.45, 7) is 2.14. The lowest BCUT2D eigenvalue weighted by Gasteiger charge is -2.22. The van der Waals surface area contributed by atoms with Gasteiger partial charge in [-0.1, -0.05) is 0 Å². The van der Waals surface area contributed by atoms with E-state index >= 15 is 0 Å². The predicted octanol–water partition coefficient (Wildman–Crippen LogP) is 2.42. The summed E-state index contributed by atoms with van der Waals surface area (Å²) in [4.78, 5) is 12.1. The van der Waals surface area contributed by atoms with Crippen molar-refractivity contribution in [2.75, 3.05) is 32.6 Å². The highest BCUT2D eigenvalue weighted by molar-refractivity contribution is 5.92. The van der Waals surface area contributed by atoms with E-state index < -0.39 is 0 Å². The summed E-state index contributed by atoms with van der Waals surface area (Å²) >= 11 is 0. The largest absolute Gasteiger partial charge is 0.497 e. The van der Waals surface area contributed by atoms with Crippen LogP contribution in [0.5, 0.6) is 11.5 Å². The molecule has 1 aromatic rings. The van der Waals surface area contributed by atoms with Crippen LogP contribution in [0.2, 0.25) is 0 Å². The van der Waals surface area contributed by atoms with E-state index in [1.165, 1.54) is 12.8 Å². The molecule has 1 aliphatic rings. The minimum Gasteiger partial charge on any atom is -0.497 e. The highest BCUT2D eigenvalue weighted by Gasteiger charge is 2.15. The number of ether oxygens (including phenoxy) is 2. The molecule has 1 aromatic carbocycles. The van der Waals surface area contributed by atoms with Crippen molar-refractivity contribution in [1.82, 2.24) is 5.32 Å². The van der Waals surface area contributed by atoms with Crippen LogP contribution in [-0.4, -0.2) is 33.2 Å². The first kappa shape index (κ1) is 15.6. The standard InChI is InChI=1S/C16H24N2O3/c1-20-13-4-5-14(15(11-13)21-2)18-16(19)6-3-12-7-9-17-10-8-12/h4-5,11-12,17H,3,6-10H2,1-2H3,(H,18,19). The number of carbonyl (C=O) groups is 1. The van der Waals surface area contributed by atoms with Crippen molar-refractivity contribution >= 4 is 11.6 Å². The maximum atomic E-state index is 12.1. The van der Waals surface area contributed by atoms with Crippen molar-refractivity contribution in [2.24, 2.45) is 5.92 Å². The summed E-state index contributed by atoms with van der Waals surface area (Å²) < 4.78 is 10.4. The maximum absolute atomic E-state index is 12.1. The quantitative estimate of drug-likeness (QED) is 0.845. The summed E-state index contributed by atoms with van der Waals surface area (Å²) in [5.41, 5.74) is 0.689. The molecule has 1 heterocycles. The zero-order chi connectivity index (χ0) is 15.1. The maximum Gasteiger partial charge on any atom is 0.224 e. The summed E-state index contributed by atoms with van der Waals surface area (Å²) in [5.74, 6) is 2.02. The van der Waals surface area contributed by atoms with Gasteiger partial charge in [-0.2, -0.15) is 0 Å². The number of nitrogens with one attached hydrogen (secondary N) is 2. The van der Waals surface area contributed by atoms with Gasteiger partial charge in [0.05, 0.1) is 19.9 Å². The number of amides is 1. The van der Waals surface area contributed by atoms with Crippen LogP contribution < -0.4 is 20.1 Å². The molecule has 5 heteroatoms. The molecule has 0 bridgehead atoms. The molecular weight excluding hydrogens is 268 g/mol. The first-order chi connectivity index (χ1) is 10.2. The van der Waals surface area contributed by atoms with Gasteiger partial charge in [0.15, 0.2) is 0 Å². The van der Waals surface area contributed by atoms with E-state index in [4.69, 9.17) is 9.47 Å². The zero-order valence-corrected chi connectivity index (χ0v) is 12.8. The molecule has 0 saturated carbocycles. The average Bonchev–Trinajstić information content (AvgIpc) is 2.54. The van der Waals surface area contributed by atoms with Crippen LogP contribution in [-0.2, 0) is 4.79 Å². The Morgan fingerprint density at radius 2 is 2.05 bits per heavy atom. The summed E-state index contributed by atoms with van der Waals surface area (Å²) in [7, 11) is 3.19. The fourth-order valence-corrected chi connectivity index (χ4v) is 2.62. The van der Waals surface area contributed by atoms with Crippen molar-refractivity contribution < 1.29 is 14.3 Å². The summed E-state index contributed by atoms with van der Waals surface area (Å²) in [5, 5.41) is 6.26. The Morgan fingerprint density at radius 1 is 1.29 bits per heavy atom. The van der Waals surface area contributed by atoms with Crippen molar-refractivity contribution in [3.05, 3.63) is 18.2 Å². The number of rotatable bonds is 6. The van der Waals surface area contributed by atoms with E-state index in [-0.39, 0.29) is 5.91 Å². The van der Waals surface area contributed by atoms with Crippen LogP contribution in [0.4, 0.5) is 5.69 Å². The van der Waals surface area contributed by atoms with E-state index in [0.717, 1.165) is 19.5 Å².